The lowest BCUT2D eigenvalue weighted by molar-refractivity contribution is -0.142. The van der Waals surface area contributed by atoms with E-state index < -0.39 is 37.5 Å². The summed E-state index contributed by atoms with van der Waals surface area (Å²) in [4.78, 5) is 23.6. The Labute approximate surface area is 134 Å². The fourth-order valence-electron chi connectivity index (χ4n) is 1.27. The predicted octanol–water partition coefficient (Wildman–Crippen LogP) is 3.81. The van der Waals surface area contributed by atoms with Crippen molar-refractivity contribution in [1.29, 1.82) is 0 Å². The summed E-state index contributed by atoms with van der Waals surface area (Å²) >= 11 is 28.0. The van der Waals surface area contributed by atoms with E-state index in [1.165, 1.54) is 0 Å². The lowest BCUT2D eigenvalue weighted by Crippen LogP contribution is -2.20. The third-order valence-corrected chi connectivity index (χ3v) is 2.79. The summed E-state index contributed by atoms with van der Waals surface area (Å²) in [6.45, 7) is 3.22. The van der Waals surface area contributed by atoms with Crippen LogP contribution in [0.1, 0.15) is 13.8 Å². The van der Waals surface area contributed by atoms with Gasteiger partial charge < -0.3 is 9.47 Å². The molecule has 0 aliphatic carbocycles. The normalized spacial score (nSPS) is 16.0. The molecule has 0 saturated carbocycles. The molecule has 0 radical (unpaired) electrons. The first-order chi connectivity index (χ1) is 8.55. The van der Waals surface area contributed by atoms with E-state index in [0.29, 0.717) is 0 Å². The number of halogens is 5. The highest BCUT2D eigenvalue weighted by Gasteiger charge is 2.46. The van der Waals surface area contributed by atoms with Crippen LogP contribution in [0.25, 0.3) is 0 Å². The molecule has 0 aromatic rings. The predicted molar refractivity (Wildman–Crippen MR) is 73.4 cm³/mol. The molecule has 19 heavy (non-hydrogen) atoms. The smallest absolute Gasteiger partial charge is 0.344 e. The Hall–Kier alpha value is -0.130. The van der Waals surface area contributed by atoms with Crippen LogP contribution >= 0.6 is 58.0 Å². The van der Waals surface area contributed by atoms with Gasteiger partial charge >= 0.3 is 11.9 Å². The molecule has 0 unspecified atom stereocenters. The number of rotatable bonds is 2. The van der Waals surface area contributed by atoms with Crippen molar-refractivity contribution in [3.05, 3.63) is 21.4 Å². The van der Waals surface area contributed by atoms with Crippen LogP contribution in [-0.4, -0.2) is 21.8 Å². The zero-order valence-corrected chi connectivity index (χ0v) is 13.4. The van der Waals surface area contributed by atoms with E-state index in [-0.39, 0.29) is 5.76 Å². The minimum Gasteiger partial charge on any atom is -0.459 e. The first kappa shape index (κ1) is 16.9. The topological polar surface area (TPSA) is 52.6 Å². The first-order valence-electron chi connectivity index (χ1n) is 4.86. The molecule has 0 spiro atoms. The highest BCUT2D eigenvalue weighted by Crippen LogP contribution is 2.44. The van der Waals surface area contributed by atoms with Crippen LogP contribution < -0.4 is 0 Å². The highest BCUT2D eigenvalue weighted by atomic mass is 35.6. The lowest BCUT2D eigenvalue weighted by atomic mass is 10.1. The van der Waals surface area contributed by atoms with Gasteiger partial charge in [0.1, 0.15) is 15.6 Å². The van der Waals surface area contributed by atoms with Gasteiger partial charge in [0.05, 0.1) is 6.10 Å². The third-order valence-electron chi connectivity index (χ3n) is 1.88. The fraction of sp³-hybridized carbons (Fsp3) is 0.400. The van der Waals surface area contributed by atoms with Crippen LogP contribution in [0.5, 0.6) is 0 Å². The second-order valence-corrected chi connectivity index (χ2v) is 6.91. The standard InChI is InChI=1S/C10H7Cl5O4/c1-3(2)18-8(16)4-5(10(13,14)15)9(17)19-6(4)7(11)12/h3H,1-2H3. The van der Waals surface area contributed by atoms with E-state index in [0.717, 1.165) is 0 Å². The largest absolute Gasteiger partial charge is 0.459 e. The summed E-state index contributed by atoms with van der Waals surface area (Å²) in [6.07, 6.45) is -0.456. The van der Waals surface area contributed by atoms with E-state index in [1.807, 2.05) is 0 Å². The molecule has 0 atom stereocenters. The zero-order chi connectivity index (χ0) is 15.0. The summed E-state index contributed by atoms with van der Waals surface area (Å²) in [7, 11) is 0. The molecule has 106 valence electrons. The molecule has 1 heterocycles. The first-order valence-corrected chi connectivity index (χ1v) is 6.75. The molecular weight excluding hydrogens is 361 g/mol. The Morgan fingerprint density at radius 1 is 1.26 bits per heavy atom. The van der Waals surface area contributed by atoms with Crippen molar-refractivity contribution in [3.8, 4) is 0 Å². The van der Waals surface area contributed by atoms with Gasteiger partial charge in [-0.2, -0.15) is 0 Å². The Morgan fingerprint density at radius 3 is 2.16 bits per heavy atom. The monoisotopic (exact) mass is 366 g/mol. The Morgan fingerprint density at radius 2 is 1.79 bits per heavy atom. The van der Waals surface area contributed by atoms with Crippen LogP contribution in [0.3, 0.4) is 0 Å². The van der Waals surface area contributed by atoms with Crippen molar-refractivity contribution < 1.29 is 19.1 Å². The Balaban J connectivity index is 3.43. The summed E-state index contributed by atoms with van der Waals surface area (Å²) in [5, 5.41) is 0. The number of hydrogen-bond acceptors (Lipinski definition) is 4. The van der Waals surface area contributed by atoms with E-state index in [1.54, 1.807) is 13.8 Å². The van der Waals surface area contributed by atoms with Gasteiger partial charge in [0.2, 0.25) is 3.79 Å². The number of alkyl halides is 3. The van der Waals surface area contributed by atoms with E-state index in [4.69, 9.17) is 67.5 Å². The number of esters is 2. The maximum absolute atomic E-state index is 11.9. The molecule has 9 heteroatoms. The number of carbonyl (C=O) groups is 2. The van der Waals surface area contributed by atoms with Crippen LogP contribution in [0.4, 0.5) is 0 Å². The SMILES string of the molecule is CC(C)OC(=O)C1=C(C(Cl)(Cl)Cl)C(=O)OC1=C(Cl)Cl. The second-order valence-electron chi connectivity index (χ2n) is 3.68. The second kappa shape index (κ2) is 6.10. The van der Waals surface area contributed by atoms with Gasteiger partial charge in [-0.3, -0.25) is 0 Å². The number of carbonyl (C=O) groups excluding carboxylic acids is 2. The number of cyclic esters (lactones) is 1. The minimum absolute atomic E-state index is 0.389. The van der Waals surface area contributed by atoms with Crippen molar-refractivity contribution in [2.45, 2.75) is 23.7 Å². The summed E-state index contributed by atoms with van der Waals surface area (Å²) in [5.74, 6) is -2.33. The molecule has 1 aliphatic heterocycles. The van der Waals surface area contributed by atoms with Crippen molar-refractivity contribution in [3.63, 3.8) is 0 Å². The zero-order valence-electron chi connectivity index (χ0n) is 9.60. The maximum Gasteiger partial charge on any atom is 0.344 e. The molecule has 1 rings (SSSR count). The quantitative estimate of drug-likeness (QED) is 0.549. The summed E-state index contributed by atoms with van der Waals surface area (Å²) in [6, 6.07) is 0. The Bertz CT molecular complexity index is 483. The van der Waals surface area contributed by atoms with Crippen molar-refractivity contribution in [2.75, 3.05) is 0 Å². The van der Waals surface area contributed by atoms with Gasteiger partial charge in [-0.05, 0) is 13.8 Å². The van der Waals surface area contributed by atoms with Crippen LogP contribution in [-0.2, 0) is 19.1 Å². The molecule has 0 fully saturated rings. The molecule has 0 aromatic carbocycles. The molecule has 0 amide bonds. The molecular formula is C10H7Cl5O4. The van der Waals surface area contributed by atoms with E-state index in [9.17, 15) is 9.59 Å². The average molecular weight is 368 g/mol. The average Bonchev–Trinajstić information content (AvgIpc) is 2.54. The van der Waals surface area contributed by atoms with Crippen LogP contribution in [0, 0.1) is 0 Å². The molecule has 0 bridgehead atoms. The molecule has 0 N–H and O–H groups in total. The van der Waals surface area contributed by atoms with Gasteiger partial charge in [-0.1, -0.05) is 58.0 Å². The maximum atomic E-state index is 11.9. The number of hydrogen-bond donors (Lipinski definition) is 0. The summed E-state index contributed by atoms with van der Waals surface area (Å²) in [5.41, 5.74) is -0.879. The Kier molecular flexibility index (Phi) is 5.43. The highest BCUT2D eigenvalue weighted by molar-refractivity contribution is 6.71. The molecule has 4 nitrogen and oxygen atoms in total. The van der Waals surface area contributed by atoms with Crippen molar-refractivity contribution in [1.82, 2.24) is 0 Å². The minimum atomic E-state index is -2.17. The van der Waals surface area contributed by atoms with E-state index in [2.05, 4.69) is 0 Å². The molecule has 1 aliphatic rings. The van der Waals surface area contributed by atoms with Gasteiger partial charge in [-0.15, -0.1) is 0 Å². The molecule has 0 saturated heterocycles. The molecule has 0 aromatic heterocycles. The van der Waals surface area contributed by atoms with Crippen molar-refractivity contribution in [2.24, 2.45) is 0 Å². The number of ether oxygens (including phenoxy) is 2. The third kappa shape index (κ3) is 3.92. The van der Waals surface area contributed by atoms with Gasteiger partial charge in [0.15, 0.2) is 5.76 Å². The van der Waals surface area contributed by atoms with Gasteiger partial charge in [0.25, 0.3) is 0 Å². The van der Waals surface area contributed by atoms with Gasteiger partial charge in [0, 0.05) is 0 Å². The lowest BCUT2D eigenvalue weighted by Gasteiger charge is -2.12. The summed E-state index contributed by atoms with van der Waals surface area (Å²) < 4.78 is 7.03. The van der Waals surface area contributed by atoms with E-state index >= 15 is 0 Å². The van der Waals surface area contributed by atoms with Crippen molar-refractivity contribution >= 4 is 69.9 Å². The van der Waals surface area contributed by atoms with Gasteiger partial charge in [-0.25, -0.2) is 9.59 Å². The van der Waals surface area contributed by atoms with Crippen LogP contribution in [0.15, 0.2) is 21.4 Å². The van der Waals surface area contributed by atoms with Crippen LogP contribution in [0.2, 0.25) is 0 Å². The fourth-order valence-corrected chi connectivity index (χ4v) is 2.05.